The second kappa shape index (κ2) is 6.80. The number of rotatable bonds is 3. The van der Waals surface area contributed by atoms with Crippen LogP contribution in [0.15, 0.2) is 42.6 Å². The van der Waals surface area contributed by atoms with Crippen LogP contribution in [-0.4, -0.2) is 44.8 Å². The number of hydrogen-bond donors (Lipinski definition) is 3. The van der Waals surface area contributed by atoms with Gasteiger partial charge in [-0.15, -0.1) is 0 Å². The zero-order valence-electron chi connectivity index (χ0n) is 15.8. The molecule has 1 saturated heterocycles. The smallest absolute Gasteiger partial charge is 0.255 e. The van der Waals surface area contributed by atoms with Crippen LogP contribution in [0.3, 0.4) is 0 Å². The monoisotopic (exact) mass is 403 g/mol. The zero-order valence-corrected chi connectivity index (χ0v) is 15.8. The van der Waals surface area contributed by atoms with Crippen molar-refractivity contribution in [1.82, 2.24) is 20.4 Å². The molecule has 3 aromatic rings. The number of fused-ring (bicyclic) bond motifs is 2. The number of carbonyl (C=O) groups is 4. The maximum atomic E-state index is 12.7. The quantitative estimate of drug-likeness (QED) is 0.573. The van der Waals surface area contributed by atoms with Crippen LogP contribution in [0.25, 0.3) is 10.9 Å². The van der Waals surface area contributed by atoms with E-state index in [-0.39, 0.29) is 30.7 Å². The first-order valence-corrected chi connectivity index (χ1v) is 9.52. The van der Waals surface area contributed by atoms with E-state index in [1.54, 1.807) is 42.6 Å². The van der Waals surface area contributed by atoms with Crippen LogP contribution in [0, 0.1) is 0 Å². The topological polar surface area (TPSA) is 124 Å². The summed E-state index contributed by atoms with van der Waals surface area (Å²) in [7, 11) is 0. The van der Waals surface area contributed by atoms with E-state index in [0.29, 0.717) is 23.2 Å². The molecule has 4 amide bonds. The Labute approximate surface area is 170 Å². The fraction of sp³-hybridized carbons (Fsp3) is 0.190. The summed E-state index contributed by atoms with van der Waals surface area (Å²) in [5.41, 5.74) is 3.12. The summed E-state index contributed by atoms with van der Waals surface area (Å²) in [4.78, 5) is 50.4. The average molecular weight is 403 g/mol. The van der Waals surface area contributed by atoms with Crippen LogP contribution in [0.4, 0.5) is 5.69 Å². The Hall–Kier alpha value is -4.01. The maximum absolute atomic E-state index is 12.7. The van der Waals surface area contributed by atoms with Gasteiger partial charge in [-0.05, 0) is 48.4 Å². The van der Waals surface area contributed by atoms with Crippen molar-refractivity contribution in [2.75, 3.05) is 5.32 Å². The molecule has 0 saturated carbocycles. The Kier molecular flexibility index (Phi) is 4.09. The Morgan fingerprint density at radius 2 is 2.00 bits per heavy atom. The maximum Gasteiger partial charge on any atom is 0.255 e. The number of benzene rings is 2. The van der Waals surface area contributed by atoms with E-state index >= 15 is 0 Å². The highest BCUT2D eigenvalue weighted by Crippen LogP contribution is 2.29. The number of hydrogen-bond acceptors (Lipinski definition) is 5. The van der Waals surface area contributed by atoms with E-state index < -0.39 is 11.9 Å². The molecular weight excluding hydrogens is 386 g/mol. The van der Waals surface area contributed by atoms with Gasteiger partial charge in [-0.25, -0.2) is 0 Å². The van der Waals surface area contributed by atoms with Crippen LogP contribution in [0.5, 0.6) is 0 Å². The fourth-order valence-electron chi connectivity index (χ4n) is 3.94. The third kappa shape index (κ3) is 3.00. The molecule has 9 nitrogen and oxygen atoms in total. The molecule has 0 bridgehead atoms. The molecule has 1 unspecified atom stereocenters. The number of imide groups is 1. The lowest BCUT2D eigenvalue weighted by Gasteiger charge is -2.29. The minimum Gasteiger partial charge on any atom is -0.322 e. The van der Waals surface area contributed by atoms with E-state index in [1.807, 2.05) is 0 Å². The predicted octanol–water partition coefficient (Wildman–Crippen LogP) is 1.58. The number of anilines is 1. The van der Waals surface area contributed by atoms with E-state index in [4.69, 9.17) is 0 Å². The number of aromatic amines is 1. The summed E-state index contributed by atoms with van der Waals surface area (Å²) < 4.78 is 0. The largest absolute Gasteiger partial charge is 0.322 e. The fourth-order valence-corrected chi connectivity index (χ4v) is 3.94. The molecule has 1 aromatic heterocycles. The third-order valence-corrected chi connectivity index (χ3v) is 5.48. The van der Waals surface area contributed by atoms with E-state index in [9.17, 15) is 19.2 Å². The highest BCUT2D eigenvalue weighted by molar-refractivity contribution is 6.08. The molecule has 0 radical (unpaired) electrons. The van der Waals surface area contributed by atoms with Gasteiger partial charge in [0.1, 0.15) is 6.04 Å². The highest BCUT2D eigenvalue weighted by atomic mass is 16.2. The van der Waals surface area contributed by atoms with Crippen molar-refractivity contribution in [2.45, 2.75) is 25.4 Å². The first kappa shape index (κ1) is 18.0. The van der Waals surface area contributed by atoms with Gasteiger partial charge in [-0.1, -0.05) is 0 Å². The lowest BCUT2D eigenvalue weighted by atomic mass is 10.0. The van der Waals surface area contributed by atoms with E-state index in [2.05, 4.69) is 20.8 Å². The molecule has 5 rings (SSSR count). The molecule has 9 heteroatoms. The number of nitrogens with one attached hydrogen (secondary N) is 3. The van der Waals surface area contributed by atoms with Crippen molar-refractivity contribution in [3.8, 4) is 0 Å². The minimum atomic E-state index is -0.665. The van der Waals surface area contributed by atoms with Crippen LogP contribution in [-0.2, 0) is 16.1 Å². The van der Waals surface area contributed by atoms with Crippen molar-refractivity contribution in [3.05, 3.63) is 59.3 Å². The van der Waals surface area contributed by atoms with Crippen LogP contribution >= 0.6 is 0 Å². The lowest BCUT2D eigenvalue weighted by Crippen LogP contribution is -2.52. The van der Waals surface area contributed by atoms with Crippen molar-refractivity contribution >= 4 is 40.2 Å². The van der Waals surface area contributed by atoms with E-state index in [1.165, 1.54) is 4.90 Å². The van der Waals surface area contributed by atoms with Gasteiger partial charge in [-0.2, -0.15) is 5.10 Å². The molecule has 0 aliphatic carbocycles. The molecule has 2 aromatic carbocycles. The normalized spacial score (nSPS) is 18.5. The predicted molar refractivity (Wildman–Crippen MR) is 107 cm³/mol. The summed E-state index contributed by atoms with van der Waals surface area (Å²) in [5, 5.41) is 12.8. The molecule has 3 N–H and O–H groups in total. The number of piperidine rings is 1. The number of H-pyrrole nitrogens is 1. The van der Waals surface area contributed by atoms with Crippen LogP contribution < -0.4 is 10.6 Å². The average Bonchev–Trinajstić information content (AvgIpc) is 3.32. The van der Waals surface area contributed by atoms with Gasteiger partial charge in [-0.3, -0.25) is 29.6 Å². The highest BCUT2D eigenvalue weighted by Gasteiger charge is 2.39. The second-order valence-electron chi connectivity index (χ2n) is 7.40. The molecule has 150 valence electrons. The number of carbonyl (C=O) groups excluding carboxylic acids is 4. The SMILES string of the molecule is O=C1CCC(N2Cc3cc(NC(=O)c4ccc5[nH]ncc5c4)ccc3C2=O)C(=O)N1. The Balaban J connectivity index is 1.34. The van der Waals surface area contributed by atoms with Crippen LogP contribution in [0.2, 0.25) is 0 Å². The zero-order chi connectivity index (χ0) is 20.8. The minimum absolute atomic E-state index is 0.207. The van der Waals surface area contributed by atoms with Gasteiger partial charge in [0, 0.05) is 35.2 Å². The van der Waals surface area contributed by atoms with Crippen molar-refractivity contribution in [3.63, 3.8) is 0 Å². The number of amides is 4. The van der Waals surface area contributed by atoms with Crippen LogP contribution in [0.1, 0.15) is 39.1 Å². The molecule has 3 heterocycles. The third-order valence-electron chi connectivity index (χ3n) is 5.48. The first-order valence-electron chi connectivity index (χ1n) is 9.52. The molecule has 2 aliphatic rings. The molecule has 0 spiro atoms. The molecular formula is C21H17N5O4. The molecule has 1 atom stereocenters. The van der Waals surface area contributed by atoms with Gasteiger partial charge in [0.2, 0.25) is 11.8 Å². The summed E-state index contributed by atoms with van der Waals surface area (Å²) in [6, 6.07) is 9.64. The van der Waals surface area contributed by atoms with Gasteiger partial charge < -0.3 is 10.2 Å². The summed E-state index contributed by atoms with van der Waals surface area (Å²) >= 11 is 0. The summed E-state index contributed by atoms with van der Waals surface area (Å²) in [5.74, 6) is -1.29. The van der Waals surface area contributed by atoms with Gasteiger partial charge in [0.05, 0.1) is 11.7 Å². The Morgan fingerprint density at radius 1 is 1.13 bits per heavy atom. The standard InChI is InChI=1S/C21H17N5O4/c27-18-6-5-17(20(29)24-18)26-10-13-8-14(2-3-15(13)21(26)30)23-19(28)11-1-4-16-12(7-11)9-22-25-16/h1-4,7-9,17H,5-6,10H2,(H,22,25)(H,23,28)(H,24,27,29). The van der Waals surface area contributed by atoms with Gasteiger partial charge in [0.25, 0.3) is 11.8 Å². The lowest BCUT2D eigenvalue weighted by molar-refractivity contribution is -0.136. The summed E-state index contributed by atoms with van der Waals surface area (Å²) in [6.07, 6.45) is 2.17. The van der Waals surface area contributed by atoms with Crippen molar-refractivity contribution in [2.24, 2.45) is 0 Å². The summed E-state index contributed by atoms with van der Waals surface area (Å²) in [6.45, 7) is 0.255. The second-order valence-corrected chi connectivity index (χ2v) is 7.40. The number of nitrogens with zero attached hydrogens (tertiary/aromatic N) is 2. The Bertz CT molecular complexity index is 1230. The molecule has 2 aliphatic heterocycles. The first-order chi connectivity index (χ1) is 14.5. The number of aromatic nitrogens is 2. The van der Waals surface area contributed by atoms with E-state index in [0.717, 1.165) is 16.5 Å². The molecule has 30 heavy (non-hydrogen) atoms. The van der Waals surface area contributed by atoms with Gasteiger partial charge in [0.15, 0.2) is 0 Å². The van der Waals surface area contributed by atoms with Gasteiger partial charge >= 0.3 is 0 Å². The Morgan fingerprint density at radius 3 is 2.83 bits per heavy atom. The van der Waals surface area contributed by atoms with Crippen molar-refractivity contribution in [1.29, 1.82) is 0 Å². The molecule has 1 fully saturated rings. The van der Waals surface area contributed by atoms with Crippen molar-refractivity contribution < 1.29 is 19.2 Å².